The Hall–Kier alpha value is -0.530. The van der Waals surface area contributed by atoms with Gasteiger partial charge < -0.3 is 0 Å². The van der Waals surface area contributed by atoms with Gasteiger partial charge in [0, 0.05) is 11.4 Å². The maximum Gasteiger partial charge on any atom is 0.180 e. The second-order valence-electron chi connectivity index (χ2n) is 3.63. The van der Waals surface area contributed by atoms with E-state index >= 15 is 0 Å². The van der Waals surface area contributed by atoms with Gasteiger partial charge in [0.05, 0.1) is 5.38 Å². The number of rotatable bonds is 4. The molecule has 0 bridgehead atoms. The van der Waals surface area contributed by atoms with Crippen molar-refractivity contribution in [1.29, 1.82) is 0 Å². The summed E-state index contributed by atoms with van der Waals surface area (Å²) in [7, 11) is 0. The van der Waals surface area contributed by atoms with E-state index in [1.54, 1.807) is 0 Å². The number of carbonyl (C=O) groups is 1. The molecule has 0 spiro atoms. The molecule has 1 rings (SSSR count). The van der Waals surface area contributed by atoms with E-state index < -0.39 is 5.38 Å². The topological polar surface area (TPSA) is 17.1 Å². The highest BCUT2D eigenvalue weighted by Crippen LogP contribution is 2.17. The van der Waals surface area contributed by atoms with Crippen LogP contribution in [0.5, 0.6) is 0 Å². The lowest BCUT2D eigenvalue weighted by Crippen LogP contribution is -2.16. The van der Waals surface area contributed by atoms with Crippen molar-refractivity contribution < 1.29 is 4.79 Å². The van der Waals surface area contributed by atoms with Crippen LogP contribution in [0.15, 0.2) is 18.2 Å². The molecular weight excluding hydrogens is 231 g/mol. The number of hydrogen-bond acceptors (Lipinski definition) is 1. The molecule has 1 unspecified atom stereocenters. The molecule has 0 aliphatic rings. The first-order chi connectivity index (χ1) is 7.06. The van der Waals surface area contributed by atoms with Crippen molar-refractivity contribution in [3.05, 3.63) is 34.9 Å². The molecule has 0 saturated heterocycles. The molecule has 3 heteroatoms. The summed E-state index contributed by atoms with van der Waals surface area (Å²) in [5.41, 5.74) is 2.82. The van der Waals surface area contributed by atoms with Crippen LogP contribution in [0.2, 0.25) is 0 Å². The van der Waals surface area contributed by atoms with E-state index in [-0.39, 0.29) is 5.78 Å². The van der Waals surface area contributed by atoms with Crippen molar-refractivity contribution in [2.75, 3.05) is 5.88 Å². The number of halogens is 2. The van der Waals surface area contributed by atoms with Gasteiger partial charge in [-0.1, -0.05) is 23.8 Å². The van der Waals surface area contributed by atoms with E-state index in [0.29, 0.717) is 17.9 Å². The summed E-state index contributed by atoms with van der Waals surface area (Å²) in [6, 6.07) is 5.73. The molecule has 0 aliphatic heterocycles. The summed E-state index contributed by atoms with van der Waals surface area (Å²) in [6.45, 7) is 3.92. The Morgan fingerprint density at radius 2 is 2.07 bits per heavy atom. The number of aryl methyl sites for hydroxylation is 2. The summed E-state index contributed by atoms with van der Waals surface area (Å²) in [5, 5.41) is -0.510. The third-order valence-corrected chi connectivity index (χ3v) is 2.93. The standard InChI is InChI=1S/C12H14Cl2O/c1-8-3-4-10(9(2)7-8)12(15)11(14)5-6-13/h3-4,7,11H,5-6H2,1-2H3. The molecule has 0 saturated carbocycles. The van der Waals surface area contributed by atoms with Crippen LogP contribution in [0.3, 0.4) is 0 Å². The Balaban J connectivity index is 2.91. The summed E-state index contributed by atoms with van der Waals surface area (Å²) in [5.74, 6) is 0.375. The lowest BCUT2D eigenvalue weighted by Gasteiger charge is -2.09. The van der Waals surface area contributed by atoms with Crippen molar-refractivity contribution in [2.24, 2.45) is 0 Å². The monoisotopic (exact) mass is 244 g/mol. The predicted octanol–water partition coefficient (Wildman–Crippen LogP) is 3.72. The highest BCUT2D eigenvalue weighted by molar-refractivity contribution is 6.34. The van der Waals surface area contributed by atoms with Crippen molar-refractivity contribution in [3.8, 4) is 0 Å². The lowest BCUT2D eigenvalue weighted by atomic mass is 9.99. The summed E-state index contributed by atoms with van der Waals surface area (Å²) >= 11 is 11.5. The Bertz CT molecular complexity index is 361. The zero-order valence-corrected chi connectivity index (χ0v) is 10.4. The quantitative estimate of drug-likeness (QED) is 0.583. The molecule has 0 fully saturated rings. The van der Waals surface area contributed by atoms with Crippen LogP contribution >= 0.6 is 23.2 Å². The number of ketones is 1. The minimum atomic E-state index is -0.510. The van der Waals surface area contributed by atoms with Gasteiger partial charge in [-0.2, -0.15) is 0 Å². The van der Waals surface area contributed by atoms with E-state index in [4.69, 9.17) is 23.2 Å². The van der Waals surface area contributed by atoms with Crippen molar-refractivity contribution in [2.45, 2.75) is 25.6 Å². The first-order valence-electron chi connectivity index (χ1n) is 4.87. The molecule has 0 N–H and O–H groups in total. The van der Waals surface area contributed by atoms with Crippen molar-refractivity contribution >= 4 is 29.0 Å². The summed E-state index contributed by atoms with van der Waals surface area (Å²) in [4.78, 5) is 11.9. The maximum absolute atomic E-state index is 11.9. The van der Waals surface area contributed by atoms with E-state index in [1.807, 2.05) is 32.0 Å². The van der Waals surface area contributed by atoms with E-state index in [2.05, 4.69) is 0 Å². The fourth-order valence-corrected chi connectivity index (χ4v) is 2.04. The van der Waals surface area contributed by atoms with Crippen molar-refractivity contribution in [1.82, 2.24) is 0 Å². The second kappa shape index (κ2) is 5.53. The average Bonchev–Trinajstić information content (AvgIpc) is 2.17. The minimum Gasteiger partial charge on any atom is -0.292 e. The number of Topliss-reactive ketones (excluding diaryl/α,β-unsaturated/α-hetero) is 1. The van der Waals surface area contributed by atoms with Crippen LogP contribution < -0.4 is 0 Å². The Morgan fingerprint density at radius 3 is 2.60 bits per heavy atom. The number of hydrogen-bond donors (Lipinski definition) is 0. The molecule has 82 valence electrons. The van der Waals surface area contributed by atoms with Gasteiger partial charge in [0.2, 0.25) is 0 Å². The highest BCUT2D eigenvalue weighted by atomic mass is 35.5. The molecule has 1 atom stereocenters. The maximum atomic E-state index is 11.9. The van der Waals surface area contributed by atoms with Crippen LogP contribution in [0.1, 0.15) is 27.9 Å². The fraction of sp³-hybridized carbons (Fsp3) is 0.417. The number of benzene rings is 1. The molecule has 1 nitrogen and oxygen atoms in total. The van der Waals surface area contributed by atoms with Gasteiger partial charge in [0.1, 0.15) is 0 Å². The Kier molecular flexibility index (Phi) is 4.62. The van der Waals surface area contributed by atoms with E-state index in [9.17, 15) is 4.79 Å². The SMILES string of the molecule is Cc1ccc(C(=O)C(Cl)CCCl)c(C)c1. The van der Waals surface area contributed by atoms with Crippen LogP contribution in [-0.2, 0) is 0 Å². The van der Waals surface area contributed by atoms with Gasteiger partial charge in [-0.15, -0.1) is 23.2 Å². The Morgan fingerprint density at radius 1 is 1.40 bits per heavy atom. The zero-order chi connectivity index (χ0) is 11.4. The van der Waals surface area contributed by atoms with Crippen LogP contribution in [0, 0.1) is 13.8 Å². The van der Waals surface area contributed by atoms with Gasteiger partial charge in [-0.25, -0.2) is 0 Å². The van der Waals surface area contributed by atoms with Gasteiger partial charge >= 0.3 is 0 Å². The molecule has 15 heavy (non-hydrogen) atoms. The van der Waals surface area contributed by atoms with E-state index in [0.717, 1.165) is 11.1 Å². The average molecular weight is 245 g/mol. The zero-order valence-electron chi connectivity index (χ0n) is 8.89. The first kappa shape index (κ1) is 12.5. The molecule has 0 aromatic heterocycles. The fourth-order valence-electron chi connectivity index (χ4n) is 1.49. The van der Waals surface area contributed by atoms with Crippen LogP contribution in [0.25, 0.3) is 0 Å². The summed E-state index contributed by atoms with van der Waals surface area (Å²) < 4.78 is 0. The van der Waals surface area contributed by atoms with Crippen LogP contribution in [0.4, 0.5) is 0 Å². The van der Waals surface area contributed by atoms with Gasteiger partial charge in [0.15, 0.2) is 5.78 Å². The first-order valence-corrected chi connectivity index (χ1v) is 5.85. The number of alkyl halides is 2. The molecule has 0 aliphatic carbocycles. The smallest absolute Gasteiger partial charge is 0.180 e. The Labute approximate surface area is 100 Å². The molecule has 0 heterocycles. The normalized spacial score (nSPS) is 12.5. The summed E-state index contributed by atoms with van der Waals surface area (Å²) in [6.07, 6.45) is 0.509. The largest absolute Gasteiger partial charge is 0.292 e. The van der Waals surface area contributed by atoms with Crippen molar-refractivity contribution in [3.63, 3.8) is 0 Å². The number of carbonyl (C=O) groups excluding carboxylic acids is 1. The molecule has 0 amide bonds. The van der Waals surface area contributed by atoms with Gasteiger partial charge in [-0.05, 0) is 25.8 Å². The molecule has 1 aromatic rings. The third-order valence-electron chi connectivity index (χ3n) is 2.29. The van der Waals surface area contributed by atoms with E-state index in [1.165, 1.54) is 0 Å². The minimum absolute atomic E-state index is 0.0326. The molecule has 1 aromatic carbocycles. The predicted molar refractivity (Wildman–Crippen MR) is 65.2 cm³/mol. The second-order valence-corrected chi connectivity index (χ2v) is 4.53. The molecule has 0 radical (unpaired) electrons. The lowest BCUT2D eigenvalue weighted by molar-refractivity contribution is 0.0985. The molecular formula is C12H14Cl2O. The third kappa shape index (κ3) is 3.22. The van der Waals surface area contributed by atoms with Crippen LogP contribution in [-0.4, -0.2) is 17.0 Å². The van der Waals surface area contributed by atoms with Gasteiger partial charge in [-0.3, -0.25) is 4.79 Å². The highest BCUT2D eigenvalue weighted by Gasteiger charge is 2.18. The van der Waals surface area contributed by atoms with Gasteiger partial charge in [0.25, 0.3) is 0 Å².